The van der Waals surface area contributed by atoms with Crippen LogP contribution in [0.1, 0.15) is 30.9 Å². The van der Waals surface area contributed by atoms with Gasteiger partial charge in [0.1, 0.15) is 0 Å². The molecule has 1 atom stereocenters. The number of aliphatic hydroxyl groups excluding tert-OH is 1. The van der Waals surface area contributed by atoms with Crippen LogP contribution in [0.2, 0.25) is 5.02 Å². The summed E-state index contributed by atoms with van der Waals surface area (Å²) in [5, 5.41) is 10.6. The van der Waals surface area contributed by atoms with E-state index in [1.165, 1.54) is 12.8 Å². The summed E-state index contributed by atoms with van der Waals surface area (Å²) in [4.78, 5) is 0. The van der Waals surface area contributed by atoms with E-state index in [9.17, 15) is 5.11 Å². The van der Waals surface area contributed by atoms with Gasteiger partial charge in [0.15, 0.2) is 11.5 Å². The van der Waals surface area contributed by atoms with Gasteiger partial charge in [0, 0.05) is 5.56 Å². The lowest BCUT2D eigenvalue weighted by Crippen LogP contribution is -2.02. The highest BCUT2D eigenvalue weighted by atomic mass is 35.5. The van der Waals surface area contributed by atoms with Gasteiger partial charge in [-0.2, -0.15) is 0 Å². The summed E-state index contributed by atoms with van der Waals surface area (Å²) in [5.41, 5.74) is 0.719. The Hall–Kier alpha value is -0.930. The molecule has 0 amide bonds. The molecule has 0 aliphatic heterocycles. The third kappa shape index (κ3) is 2.67. The fourth-order valence-corrected chi connectivity index (χ4v) is 2.32. The summed E-state index contributed by atoms with van der Waals surface area (Å²) in [6.45, 7) is 0. The molecule has 1 N–H and O–H groups in total. The summed E-state index contributed by atoms with van der Waals surface area (Å²) in [6, 6.07) is 3.58. The quantitative estimate of drug-likeness (QED) is 0.879. The van der Waals surface area contributed by atoms with Crippen LogP contribution >= 0.6 is 11.6 Å². The van der Waals surface area contributed by atoms with Gasteiger partial charge >= 0.3 is 0 Å². The summed E-state index contributed by atoms with van der Waals surface area (Å²) in [6.07, 6.45) is 2.67. The lowest BCUT2D eigenvalue weighted by Gasteiger charge is -2.16. The summed E-state index contributed by atoms with van der Waals surface area (Å²) >= 11 is 6.23. The van der Waals surface area contributed by atoms with Gasteiger partial charge in [0.05, 0.1) is 25.3 Å². The number of hydrogen-bond acceptors (Lipinski definition) is 3. The molecule has 1 aromatic rings. The molecule has 1 aliphatic carbocycles. The van der Waals surface area contributed by atoms with E-state index in [4.69, 9.17) is 21.1 Å². The SMILES string of the molecule is COc1ccc(C(O)CC2CC2)c(Cl)c1OC. The molecule has 0 heterocycles. The number of aliphatic hydroxyl groups is 1. The van der Waals surface area contributed by atoms with Crippen LogP contribution in [0, 0.1) is 5.92 Å². The van der Waals surface area contributed by atoms with E-state index in [1.807, 2.05) is 0 Å². The van der Waals surface area contributed by atoms with Crippen LogP contribution in [0.3, 0.4) is 0 Å². The molecule has 1 saturated carbocycles. The van der Waals surface area contributed by atoms with Crippen molar-refractivity contribution in [2.45, 2.75) is 25.4 Å². The fraction of sp³-hybridized carbons (Fsp3) is 0.538. The van der Waals surface area contributed by atoms with Gasteiger partial charge in [-0.25, -0.2) is 0 Å². The van der Waals surface area contributed by atoms with Crippen LogP contribution in [0.4, 0.5) is 0 Å². The van der Waals surface area contributed by atoms with Gasteiger partial charge in [-0.1, -0.05) is 30.5 Å². The average Bonchev–Trinajstić information content (AvgIpc) is 3.12. The molecule has 3 nitrogen and oxygen atoms in total. The minimum atomic E-state index is -0.519. The second kappa shape index (κ2) is 5.15. The molecule has 1 unspecified atom stereocenters. The number of ether oxygens (including phenoxy) is 2. The Labute approximate surface area is 106 Å². The van der Waals surface area contributed by atoms with Crippen LogP contribution in [0.5, 0.6) is 11.5 Å². The Balaban J connectivity index is 2.27. The third-order valence-corrected chi connectivity index (χ3v) is 3.52. The van der Waals surface area contributed by atoms with Crippen molar-refractivity contribution in [1.29, 1.82) is 0 Å². The zero-order valence-electron chi connectivity index (χ0n) is 10.1. The molecule has 0 bridgehead atoms. The third-order valence-electron chi connectivity index (χ3n) is 3.13. The first-order valence-corrected chi connectivity index (χ1v) is 6.13. The van der Waals surface area contributed by atoms with Crippen LogP contribution in [-0.2, 0) is 0 Å². The van der Waals surface area contributed by atoms with Crippen molar-refractivity contribution in [2.24, 2.45) is 5.92 Å². The van der Waals surface area contributed by atoms with E-state index in [0.717, 1.165) is 12.0 Å². The maximum atomic E-state index is 10.1. The Kier molecular flexibility index (Phi) is 3.79. The van der Waals surface area contributed by atoms with Crippen molar-refractivity contribution in [3.8, 4) is 11.5 Å². The second-order valence-electron chi connectivity index (χ2n) is 4.40. The van der Waals surface area contributed by atoms with Gasteiger partial charge in [-0.15, -0.1) is 0 Å². The zero-order valence-corrected chi connectivity index (χ0v) is 10.8. The van der Waals surface area contributed by atoms with Gasteiger partial charge in [-0.05, 0) is 18.4 Å². The number of halogens is 1. The summed E-state index contributed by atoms with van der Waals surface area (Å²) < 4.78 is 10.4. The Morgan fingerprint density at radius 2 is 2.06 bits per heavy atom. The molecular formula is C13H17ClO3. The molecule has 1 aromatic carbocycles. The first kappa shape index (κ1) is 12.5. The lowest BCUT2D eigenvalue weighted by atomic mass is 10.0. The topological polar surface area (TPSA) is 38.7 Å². The van der Waals surface area contributed by atoms with Crippen LogP contribution in [0.25, 0.3) is 0 Å². The molecule has 0 radical (unpaired) electrons. The van der Waals surface area contributed by atoms with E-state index in [1.54, 1.807) is 26.4 Å². The molecule has 1 aliphatic rings. The van der Waals surface area contributed by atoms with Gasteiger partial charge in [-0.3, -0.25) is 0 Å². The van der Waals surface area contributed by atoms with Crippen LogP contribution in [-0.4, -0.2) is 19.3 Å². The molecule has 17 heavy (non-hydrogen) atoms. The largest absolute Gasteiger partial charge is 0.493 e. The van der Waals surface area contributed by atoms with E-state index >= 15 is 0 Å². The maximum absolute atomic E-state index is 10.1. The van der Waals surface area contributed by atoms with Gasteiger partial charge in [0.2, 0.25) is 0 Å². The number of benzene rings is 1. The Bertz CT molecular complexity index is 402. The van der Waals surface area contributed by atoms with Crippen LogP contribution < -0.4 is 9.47 Å². The minimum Gasteiger partial charge on any atom is -0.493 e. The summed E-state index contributed by atoms with van der Waals surface area (Å²) in [7, 11) is 3.11. The molecular weight excluding hydrogens is 240 g/mol. The normalized spacial score (nSPS) is 16.7. The number of methoxy groups -OCH3 is 2. The van der Waals surface area contributed by atoms with Gasteiger partial charge in [0.25, 0.3) is 0 Å². The number of rotatable bonds is 5. The molecule has 1 fully saturated rings. The Morgan fingerprint density at radius 3 is 2.59 bits per heavy atom. The van der Waals surface area contributed by atoms with Crippen molar-refractivity contribution in [3.63, 3.8) is 0 Å². The predicted octanol–water partition coefficient (Wildman–Crippen LogP) is 3.19. The first-order chi connectivity index (χ1) is 8.17. The highest BCUT2D eigenvalue weighted by Crippen LogP contribution is 2.43. The lowest BCUT2D eigenvalue weighted by molar-refractivity contribution is 0.160. The van der Waals surface area contributed by atoms with Crippen molar-refractivity contribution < 1.29 is 14.6 Å². The van der Waals surface area contributed by atoms with Crippen LogP contribution in [0.15, 0.2) is 12.1 Å². The molecule has 4 heteroatoms. The molecule has 94 valence electrons. The highest BCUT2D eigenvalue weighted by molar-refractivity contribution is 6.33. The van der Waals surface area contributed by atoms with E-state index < -0.39 is 6.10 Å². The summed E-state index contributed by atoms with van der Waals surface area (Å²) in [5.74, 6) is 1.72. The monoisotopic (exact) mass is 256 g/mol. The van der Waals surface area contributed by atoms with Gasteiger partial charge < -0.3 is 14.6 Å². The maximum Gasteiger partial charge on any atom is 0.179 e. The fourth-order valence-electron chi connectivity index (χ4n) is 1.96. The van der Waals surface area contributed by atoms with E-state index in [-0.39, 0.29) is 0 Å². The Morgan fingerprint density at radius 1 is 1.35 bits per heavy atom. The van der Waals surface area contributed by atoms with E-state index in [0.29, 0.717) is 22.4 Å². The van der Waals surface area contributed by atoms with Crippen molar-refractivity contribution >= 4 is 11.6 Å². The molecule has 0 saturated heterocycles. The predicted molar refractivity (Wildman–Crippen MR) is 66.9 cm³/mol. The average molecular weight is 257 g/mol. The van der Waals surface area contributed by atoms with E-state index in [2.05, 4.69) is 0 Å². The minimum absolute atomic E-state index is 0.444. The smallest absolute Gasteiger partial charge is 0.179 e. The van der Waals surface area contributed by atoms with Crippen molar-refractivity contribution in [3.05, 3.63) is 22.7 Å². The molecule has 0 aromatic heterocycles. The second-order valence-corrected chi connectivity index (χ2v) is 4.78. The van der Waals surface area contributed by atoms with Crippen molar-refractivity contribution in [1.82, 2.24) is 0 Å². The molecule has 2 rings (SSSR count). The van der Waals surface area contributed by atoms with Crippen molar-refractivity contribution in [2.75, 3.05) is 14.2 Å². The standard InChI is InChI=1S/C13H17ClO3/c1-16-11-6-5-9(12(14)13(11)17-2)10(15)7-8-3-4-8/h5-6,8,10,15H,3-4,7H2,1-2H3. The number of hydrogen-bond donors (Lipinski definition) is 1. The zero-order chi connectivity index (χ0) is 12.4. The molecule has 0 spiro atoms. The highest BCUT2D eigenvalue weighted by Gasteiger charge is 2.27. The first-order valence-electron chi connectivity index (χ1n) is 5.75.